The van der Waals surface area contributed by atoms with Crippen LogP contribution in [-0.2, 0) is 0 Å². The normalized spacial score (nSPS) is 16.7. The van der Waals surface area contributed by atoms with Crippen LogP contribution < -0.4 is 4.90 Å². The SMILES string of the molecule is c1ccc2sc(N3CCCC3)nc2c1. The van der Waals surface area contributed by atoms with E-state index < -0.39 is 0 Å². The smallest absolute Gasteiger partial charge is 0.186 e. The van der Waals surface area contributed by atoms with Crippen molar-refractivity contribution in [2.45, 2.75) is 12.8 Å². The molecule has 1 saturated heterocycles. The minimum Gasteiger partial charge on any atom is -0.348 e. The Kier molecular flexibility index (Phi) is 1.91. The van der Waals surface area contributed by atoms with Crippen LogP contribution in [0.1, 0.15) is 12.8 Å². The number of thiazole rings is 1. The molecule has 1 aliphatic rings. The molecule has 2 heterocycles. The van der Waals surface area contributed by atoms with Gasteiger partial charge in [-0.3, -0.25) is 0 Å². The topological polar surface area (TPSA) is 16.1 Å². The van der Waals surface area contributed by atoms with Crippen LogP contribution in [0.4, 0.5) is 5.13 Å². The second-order valence-corrected chi connectivity index (χ2v) is 4.67. The number of benzene rings is 1. The van der Waals surface area contributed by atoms with Crippen LogP contribution in [0.3, 0.4) is 0 Å². The van der Waals surface area contributed by atoms with Crippen LogP contribution in [0.25, 0.3) is 10.2 Å². The number of para-hydroxylation sites is 1. The van der Waals surface area contributed by atoms with E-state index in [0.29, 0.717) is 0 Å². The highest BCUT2D eigenvalue weighted by atomic mass is 32.1. The molecule has 14 heavy (non-hydrogen) atoms. The highest BCUT2D eigenvalue weighted by Crippen LogP contribution is 2.30. The lowest BCUT2D eigenvalue weighted by Gasteiger charge is -2.11. The molecule has 0 amide bonds. The average molecular weight is 204 g/mol. The molecule has 72 valence electrons. The summed E-state index contributed by atoms with van der Waals surface area (Å²) in [5, 5.41) is 1.20. The van der Waals surface area contributed by atoms with Crippen molar-refractivity contribution in [2.24, 2.45) is 0 Å². The minimum atomic E-state index is 1.14. The molecule has 1 aromatic carbocycles. The number of hydrogen-bond acceptors (Lipinski definition) is 3. The number of aromatic nitrogens is 1. The van der Waals surface area contributed by atoms with Crippen molar-refractivity contribution in [3.05, 3.63) is 24.3 Å². The molecule has 0 aliphatic carbocycles. The lowest BCUT2D eigenvalue weighted by Crippen LogP contribution is -2.16. The Morgan fingerprint density at radius 2 is 1.93 bits per heavy atom. The molecule has 0 radical (unpaired) electrons. The van der Waals surface area contributed by atoms with Crippen molar-refractivity contribution >= 4 is 26.7 Å². The predicted molar refractivity (Wildman–Crippen MR) is 61.1 cm³/mol. The Labute approximate surface area is 87.2 Å². The fourth-order valence-corrected chi connectivity index (χ4v) is 2.92. The molecule has 0 unspecified atom stereocenters. The van der Waals surface area contributed by atoms with Gasteiger partial charge in [0.05, 0.1) is 10.2 Å². The Hall–Kier alpha value is -1.09. The summed E-state index contributed by atoms with van der Waals surface area (Å²) in [7, 11) is 0. The molecule has 3 rings (SSSR count). The van der Waals surface area contributed by atoms with Gasteiger partial charge in [-0.2, -0.15) is 0 Å². The first-order valence-corrected chi connectivity index (χ1v) is 5.86. The zero-order valence-electron chi connectivity index (χ0n) is 7.94. The highest BCUT2D eigenvalue weighted by molar-refractivity contribution is 7.22. The van der Waals surface area contributed by atoms with E-state index in [9.17, 15) is 0 Å². The summed E-state index contributed by atoms with van der Waals surface area (Å²) < 4.78 is 1.30. The van der Waals surface area contributed by atoms with Crippen molar-refractivity contribution in [1.29, 1.82) is 0 Å². The molecule has 2 aromatic rings. The molecule has 2 nitrogen and oxygen atoms in total. The van der Waals surface area contributed by atoms with Gasteiger partial charge in [-0.25, -0.2) is 4.98 Å². The molecule has 3 heteroatoms. The van der Waals surface area contributed by atoms with Gasteiger partial charge >= 0.3 is 0 Å². The number of nitrogens with zero attached hydrogens (tertiary/aromatic N) is 2. The number of hydrogen-bond donors (Lipinski definition) is 0. The maximum Gasteiger partial charge on any atom is 0.186 e. The van der Waals surface area contributed by atoms with E-state index in [1.807, 2.05) is 11.3 Å². The van der Waals surface area contributed by atoms with E-state index >= 15 is 0 Å². The van der Waals surface area contributed by atoms with Gasteiger partial charge in [0.1, 0.15) is 0 Å². The van der Waals surface area contributed by atoms with Crippen LogP contribution in [0.15, 0.2) is 24.3 Å². The van der Waals surface area contributed by atoms with E-state index in [4.69, 9.17) is 0 Å². The Morgan fingerprint density at radius 3 is 2.71 bits per heavy atom. The molecule has 0 atom stereocenters. The molecule has 1 fully saturated rings. The van der Waals surface area contributed by atoms with Crippen LogP contribution in [0.2, 0.25) is 0 Å². The third-order valence-corrected chi connectivity index (χ3v) is 3.76. The largest absolute Gasteiger partial charge is 0.348 e. The Morgan fingerprint density at radius 1 is 1.14 bits per heavy atom. The van der Waals surface area contributed by atoms with Gasteiger partial charge in [-0.05, 0) is 25.0 Å². The maximum atomic E-state index is 4.64. The van der Waals surface area contributed by atoms with E-state index in [-0.39, 0.29) is 0 Å². The quantitative estimate of drug-likeness (QED) is 0.710. The van der Waals surface area contributed by atoms with E-state index in [2.05, 4.69) is 34.1 Å². The summed E-state index contributed by atoms with van der Waals surface area (Å²) in [6, 6.07) is 8.36. The van der Waals surface area contributed by atoms with Gasteiger partial charge < -0.3 is 4.90 Å². The Balaban J connectivity index is 2.05. The molecule has 1 aliphatic heterocycles. The molecular formula is C11H12N2S. The second-order valence-electron chi connectivity index (χ2n) is 3.66. The second kappa shape index (κ2) is 3.24. The summed E-state index contributed by atoms with van der Waals surface area (Å²) in [6.45, 7) is 2.36. The van der Waals surface area contributed by atoms with Crippen LogP contribution >= 0.6 is 11.3 Å². The lowest BCUT2D eigenvalue weighted by molar-refractivity contribution is 0.949. The van der Waals surface area contributed by atoms with Gasteiger partial charge in [-0.1, -0.05) is 23.5 Å². The lowest BCUT2D eigenvalue weighted by atomic mass is 10.3. The molecule has 0 spiro atoms. The standard InChI is InChI=1S/C11H12N2S/c1-2-6-10-9(5-1)12-11(14-10)13-7-3-4-8-13/h1-2,5-6H,3-4,7-8H2. The predicted octanol–water partition coefficient (Wildman–Crippen LogP) is 2.90. The van der Waals surface area contributed by atoms with Crippen LogP contribution in [0, 0.1) is 0 Å². The van der Waals surface area contributed by atoms with Crippen molar-refractivity contribution < 1.29 is 0 Å². The molecular weight excluding hydrogens is 192 g/mol. The van der Waals surface area contributed by atoms with E-state index in [0.717, 1.165) is 5.52 Å². The number of rotatable bonds is 1. The van der Waals surface area contributed by atoms with Crippen molar-refractivity contribution in [1.82, 2.24) is 4.98 Å². The first-order valence-electron chi connectivity index (χ1n) is 5.04. The van der Waals surface area contributed by atoms with Crippen molar-refractivity contribution in [3.8, 4) is 0 Å². The third-order valence-electron chi connectivity index (χ3n) is 2.66. The maximum absolute atomic E-state index is 4.64. The van der Waals surface area contributed by atoms with Gasteiger partial charge in [-0.15, -0.1) is 0 Å². The summed E-state index contributed by atoms with van der Waals surface area (Å²) in [5.74, 6) is 0. The van der Waals surface area contributed by atoms with Crippen molar-refractivity contribution in [3.63, 3.8) is 0 Å². The van der Waals surface area contributed by atoms with Gasteiger partial charge in [0, 0.05) is 13.1 Å². The molecule has 0 bridgehead atoms. The zero-order valence-corrected chi connectivity index (χ0v) is 8.76. The zero-order chi connectivity index (χ0) is 9.38. The number of anilines is 1. The van der Waals surface area contributed by atoms with Gasteiger partial charge in [0.15, 0.2) is 5.13 Å². The fourth-order valence-electron chi connectivity index (χ4n) is 1.90. The van der Waals surface area contributed by atoms with E-state index in [1.54, 1.807) is 0 Å². The van der Waals surface area contributed by atoms with Crippen LogP contribution in [0.5, 0.6) is 0 Å². The first-order chi connectivity index (χ1) is 6.93. The van der Waals surface area contributed by atoms with Gasteiger partial charge in [0.25, 0.3) is 0 Å². The summed E-state index contributed by atoms with van der Waals surface area (Å²) >= 11 is 1.81. The fraction of sp³-hybridized carbons (Fsp3) is 0.364. The van der Waals surface area contributed by atoms with Crippen LogP contribution in [-0.4, -0.2) is 18.1 Å². The summed E-state index contributed by atoms with van der Waals surface area (Å²) in [5.41, 5.74) is 1.14. The number of fused-ring (bicyclic) bond motifs is 1. The minimum absolute atomic E-state index is 1.14. The van der Waals surface area contributed by atoms with Crippen molar-refractivity contribution in [2.75, 3.05) is 18.0 Å². The third kappa shape index (κ3) is 1.28. The molecule has 1 aromatic heterocycles. The molecule has 0 saturated carbocycles. The highest BCUT2D eigenvalue weighted by Gasteiger charge is 2.15. The Bertz CT molecular complexity index is 410. The molecule has 0 N–H and O–H groups in total. The summed E-state index contributed by atoms with van der Waals surface area (Å²) in [6.07, 6.45) is 2.63. The van der Waals surface area contributed by atoms with E-state index in [1.165, 1.54) is 35.8 Å². The van der Waals surface area contributed by atoms with Gasteiger partial charge in [0.2, 0.25) is 0 Å². The first kappa shape index (κ1) is 8.24. The average Bonchev–Trinajstić information content (AvgIpc) is 2.86. The summed E-state index contributed by atoms with van der Waals surface area (Å²) in [4.78, 5) is 7.03. The monoisotopic (exact) mass is 204 g/mol.